The van der Waals surface area contributed by atoms with Gasteiger partial charge in [-0.15, -0.1) is 0 Å². The lowest BCUT2D eigenvalue weighted by Gasteiger charge is -2.17. The molecular weight excluding hydrogens is 195 g/mol. The number of rotatable bonds is 0. The molecule has 1 nitrogen and oxygen atoms in total. The third-order valence-electron chi connectivity index (χ3n) is 1.44. The fourth-order valence-corrected chi connectivity index (χ4v) is 0.930. The maximum atomic E-state index is 12.5. The number of hydrogen-bond acceptors (Lipinski definition) is 1. The first-order valence-corrected chi connectivity index (χ1v) is 3.17. The monoisotopic (exact) mass is 198 g/mol. The molecule has 0 spiro atoms. The normalized spacial score (nSPS) is 24.1. The molecule has 1 rings (SSSR count). The van der Waals surface area contributed by atoms with Crippen LogP contribution >= 0.6 is 0 Å². The zero-order valence-electron chi connectivity index (χ0n) is 6.03. The zero-order valence-corrected chi connectivity index (χ0v) is 6.03. The quantitative estimate of drug-likeness (QED) is 0.546. The molecule has 13 heavy (non-hydrogen) atoms. The Kier molecular flexibility index (Phi) is 2.23. The molecule has 0 bridgehead atoms. The van der Waals surface area contributed by atoms with Gasteiger partial charge < -0.3 is 0 Å². The maximum absolute atomic E-state index is 12.5. The molecule has 0 saturated carbocycles. The van der Waals surface area contributed by atoms with Gasteiger partial charge >= 0.3 is 6.18 Å². The Morgan fingerprint density at radius 3 is 2.08 bits per heavy atom. The number of carbonyl (C=O) groups excluding carboxylic acids is 1. The average Bonchev–Trinajstić information content (AvgIpc) is 1.78. The molecule has 72 valence electrons. The standard InChI is InChI=1S/C7H3F5O/c8-3-1-4(9)6(5(13)2-3)7(10,11)12/h1-2,6H. The summed E-state index contributed by atoms with van der Waals surface area (Å²) in [7, 11) is 0. The lowest BCUT2D eigenvalue weighted by atomic mass is 9.97. The fourth-order valence-electron chi connectivity index (χ4n) is 0.930. The summed E-state index contributed by atoms with van der Waals surface area (Å²) in [4.78, 5) is 10.5. The molecule has 1 atom stereocenters. The summed E-state index contributed by atoms with van der Waals surface area (Å²) in [6.07, 6.45) is -4.82. The van der Waals surface area contributed by atoms with Crippen molar-refractivity contribution in [1.29, 1.82) is 0 Å². The van der Waals surface area contributed by atoms with Crippen molar-refractivity contribution in [3.63, 3.8) is 0 Å². The Morgan fingerprint density at radius 2 is 1.69 bits per heavy atom. The second kappa shape index (κ2) is 2.93. The van der Waals surface area contributed by atoms with Crippen molar-refractivity contribution in [2.24, 2.45) is 5.92 Å². The van der Waals surface area contributed by atoms with E-state index in [4.69, 9.17) is 0 Å². The maximum Gasteiger partial charge on any atom is 0.405 e. The SMILES string of the molecule is O=C1C=C(F)C=C(F)C1C(F)(F)F. The van der Waals surface area contributed by atoms with E-state index in [9.17, 15) is 26.7 Å². The topological polar surface area (TPSA) is 17.1 Å². The molecule has 0 heterocycles. The van der Waals surface area contributed by atoms with Crippen molar-refractivity contribution >= 4 is 5.78 Å². The smallest absolute Gasteiger partial charge is 0.294 e. The van der Waals surface area contributed by atoms with Gasteiger partial charge in [-0.2, -0.15) is 13.2 Å². The van der Waals surface area contributed by atoms with Crippen LogP contribution in [-0.4, -0.2) is 12.0 Å². The van der Waals surface area contributed by atoms with Gasteiger partial charge in [0.2, 0.25) is 0 Å². The van der Waals surface area contributed by atoms with Crippen LogP contribution in [0.15, 0.2) is 23.8 Å². The Bertz CT molecular complexity index is 298. The molecule has 1 aliphatic carbocycles. The minimum Gasteiger partial charge on any atom is -0.294 e. The first-order chi connectivity index (χ1) is 5.82. The molecule has 1 aliphatic rings. The van der Waals surface area contributed by atoms with E-state index in [0.29, 0.717) is 0 Å². The van der Waals surface area contributed by atoms with Gasteiger partial charge in [0.05, 0.1) is 0 Å². The van der Waals surface area contributed by atoms with E-state index in [-0.39, 0.29) is 12.2 Å². The minimum absolute atomic E-state index is 0.0551. The minimum atomic E-state index is -5.01. The van der Waals surface area contributed by atoms with Gasteiger partial charge in [-0.3, -0.25) is 4.79 Å². The zero-order chi connectivity index (χ0) is 10.2. The molecule has 0 aliphatic heterocycles. The predicted molar refractivity (Wildman–Crippen MR) is 32.9 cm³/mol. The van der Waals surface area contributed by atoms with Crippen LogP contribution in [0.4, 0.5) is 22.0 Å². The highest BCUT2D eigenvalue weighted by Crippen LogP contribution is 2.36. The molecule has 0 aromatic carbocycles. The molecule has 0 aromatic heterocycles. The van der Waals surface area contributed by atoms with Crippen LogP contribution < -0.4 is 0 Å². The van der Waals surface area contributed by atoms with Gasteiger partial charge in [0.25, 0.3) is 0 Å². The Balaban J connectivity index is 3.05. The van der Waals surface area contributed by atoms with Gasteiger partial charge in [-0.1, -0.05) is 0 Å². The van der Waals surface area contributed by atoms with Crippen molar-refractivity contribution in [3.05, 3.63) is 23.8 Å². The van der Waals surface area contributed by atoms with Crippen molar-refractivity contribution in [1.82, 2.24) is 0 Å². The third-order valence-corrected chi connectivity index (χ3v) is 1.44. The number of hydrogen-bond donors (Lipinski definition) is 0. The van der Waals surface area contributed by atoms with E-state index >= 15 is 0 Å². The summed E-state index contributed by atoms with van der Waals surface area (Å²) in [5.41, 5.74) is 0. The van der Waals surface area contributed by atoms with E-state index in [1.165, 1.54) is 0 Å². The first kappa shape index (κ1) is 9.88. The second-order valence-corrected chi connectivity index (χ2v) is 2.44. The highest BCUT2D eigenvalue weighted by atomic mass is 19.4. The van der Waals surface area contributed by atoms with E-state index in [2.05, 4.69) is 0 Å². The van der Waals surface area contributed by atoms with Gasteiger partial charge in [0.1, 0.15) is 11.7 Å². The van der Waals surface area contributed by atoms with E-state index in [1.807, 2.05) is 0 Å². The summed E-state index contributed by atoms with van der Waals surface area (Å²) in [6, 6.07) is 0. The van der Waals surface area contributed by atoms with E-state index in [1.54, 1.807) is 0 Å². The van der Waals surface area contributed by atoms with E-state index < -0.39 is 29.5 Å². The Labute approximate surface area is 69.5 Å². The summed E-state index contributed by atoms with van der Waals surface area (Å²) in [6.45, 7) is 0. The van der Waals surface area contributed by atoms with Crippen molar-refractivity contribution in [2.75, 3.05) is 0 Å². The van der Waals surface area contributed by atoms with Gasteiger partial charge in [-0.25, -0.2) is 8.78 Å². The fraction of sp³-hybridized carbons (Fsp3) is 0.286. The van der Waals surface area contributed by atoms with Crippen molar-refractivity contribution in [2.45, 2.75) is 6.18 Å². The van der Waals surface area contributed by atoms with Crippen LogP contribution in [0.5, 0.6) is 0 Å². The predicted octanol–water partition coefficient (Wildman–Crippen LogP) is 2.45. The van der Waals surface area contributed by atoms with Crippen LogP contribution in [0.3, 0.4) is 0 Å². The number of halogens is 5. The number of ketones is 1. The average molecular weight is 198 g/mol. The lowest BCUT2D eigenvalue weighted by Crippen LogP contribution is -2.31. The van der Waals surface area contributed by atoms with Crippen molar-refractivity contribution < 1.29 is 26.7 Å². The molecule has 0 fully saturated rings. The van der Waals surface area contributed by atoms with Crippen LogP contribution in [0.25, 0.3) is 0 Å². The Hall–Kier alpha value is -1.20. The lowest BCUT2D eigenvalue weighted by molar-refractivity contribution is -0.174. The van der Waals surface area contributed by atoms with Crippen LogP contribution in [0, 0.1) is 5.92 Å². The highest BCUT2D eigenvalue weighted by molar-refractivity contribution is 5.96. The van der Waals surface area contributed by atoms with E-state index in [0.717, 1.165) is 0 Å². The summed E-state index contributed by atoms with van der Waals surface area (Å²) in [5, 5.41) is 0. The van der Waals surface area contributed by atoms with Gasteiger partial charge in [0.15, 0.2) is 11.7 Å². The van der Waals surface area contributed by atoms with Gasteiger partial charge in [0, 0.05) is 12.2 Å². The molecule has 0 aromatic rings. The molecule has 0 saturated heterocycles. The van der Waals surface area contributed by atoms with Crippen LogP contribution in [-0.2, 0) is 4.79 Å². The first-order valence-electron chi connectivity index (χ1n) is 3.17. The summed E-state index contributed by atoms with van der Waals surface area (Å²) in [5.74, 6) is -7.57. The number of alkyl halides is 3. The van der Waals surface area contributed by atoms with Crippen LogP contribution in [0.2, 0.25) is 0 Å². The van der Waals surface area contributed by atoms with Gasteiger partial charge in [-0.05, 0) is 0 Å². The van der Waals surface area contributed by atoms with Crippen LogP contribution in [0.1, 0.15) is 0 Å². The molecule has 0 N–H and O–H groups in total. The molecule has 6 heteroatoms. The molecular formula is C7H3F5O. The third kappa shape index (κ3) is 1.93. The summed E-state index contributed by atoms with van der Waals surface area (Å²) < 4.78 is 60.4. The summed E-state index contributed by atoms with van der Waals surface area (Å²) >= 11 is 0. The van der Waals surface area contributed by atoms with Crippen molar-refractivity contribution in [3.8, 4) is 0 Å². The second-order valence-electron chi connectivity index (χ2n) is 2.44. The largest absolute Gasteiger partial charge is 0.405 e. The molecule has 0 amide bonds. The number of carbonyl (C=O) groups is 1. The molecule has 1 unspecified atom stereocenters. The number of allylic oxidation sites excluding steroid dienone is 4. The molecule has 0 radical (unpaired) electrons. The highest BCUT2D eigenvalue weighted by Gasteiger charge is 2.48. The Morgan fingerprint density at radius 1 is 1.15 bits per heavy atom.